The molecule has 1 N–H and O–H groups in total. The average Bonchev–Trinajstić information content (AvgIpc) is 3.30. The Kier molecular flexibility index (Phi) is 4.44. The van der Waals surface area contributed by atoms with E-state index in [1.807, 2.05) is 40.0 Å². The molecule has 2 aliphatic rings. The van der Waals surface area contributed by atoms with E-state index in [1.165, 1.54) is 19.4 Å². The van der Waals surface area contributed by atoms with Crippen molar-refractivity contribution < 1.29 is 4.79 Å². The Balaban J connectivity index is 1.38. The first-order valence-corrected chi connectivity index (χ1v) is 9.08. The molecule has 25 heavy (non-hydrogen) atoms. The molecule has 6 heteroatoms. The molecule has 0 spiro atoms. The number of aromatic nitrogens is 2. The number of amides is 2. The van der Waals surface area contributed by atoms with E-state index >= 15 is 0 Å². The van der Waals surface area contributed by atoms with Crippen LogP contribution >= 0.6 is 0 Å². The number of nitrogens with zero attached hydrogens (tertiary/aromatic N) is 4. The van der Waals surface area contributed by atoms with Gasteiger partial charge in [-0.25, -0.2) is 9.48 Å². The van der Waals surface area contributed by atoms with Crippen LogP contribution in [-0.2, 0) is 6.54 Å². The zero-order valence-electron chi connectivity index (χ0n) is 14.6. The van der Waals surface area contributed by atoms with Crippen LogP contribution in [0.15, 0.2) is 42.7 Å². The topological polar surface area (TPSA) is 53.4 Å². The van der Waals surface area contributed by atoms with Gasteiger partial charge in [-0.3, -0.25) is 4.90 Å². The van der Waals surface area contributed by atoms with Crippen LogP contribution in [0.5, 0.6) is 0 Å². The second-order valence-corrected chi connectivity index (χ2v) is 7.07. The van der Waals surface area contributed by atoms with Crippen LogP contribution < -0.4 is 5.32 Å². The summed E-state index contributed by atoms with van der Waals surface area (Å²) in [5, 5.41) is 7.34. The quantitative estimate of drug-likeness (QED) is 0.933. The number of nitrogens with one attached hydrogen (secondary N) is 1. The number of piperazine rings is 1. The number of carbonyl (C=O) groups excluding carboxylic acids is 1. The molecular weight excluding hydrogens is 314 g/mol. The van der Waals surface area contributed by atoms with E-state index in [2.05, 4.69) is 28.3 Å². The van der Waals surface area contributed by atoms with Crippen LogP contribution in [0.3, 0.4) is 0 Å². The number of carbonyl (C=O) groups is 1. The summed E-state index contributed by atoms with van der Waals surface area (Å²) in [5.41, 5.74) is 2.08. The average molecular weight is 339 g/mol. The lowest BCUT2D eigenvalue weighted by Crippen LogP contribution is -2.58. The van der Waals surface area contributed by atoms with Gasteiger partial charge in [-0.05, 0) is 50.1 Å². The molecule has 2 aliphatic heterocycles. The molecule has 2 aromatic rings. The highest BCUT2D eigenvalue weighted by Gasteiger charge is 2.36. The highest BCUT2D eigenvalue weighted by Crippen LogP contribution is 2.24. The Hall–Kier alpha value is -2.34. The molecule has 0 radical (unpaired) electrons. The summed E-state index contributed by atoms with van der Waals surface area (Å²) in [6, 6.07) is 10.9. The van der Waals surface area contributed by atoms with E-state index in [4.69, 9.17) is 0 Å². The zero-order chi connectivity index (χ0) is 17.2. The maximum absolute atomic E-state index is 12.7. The van der Waals surface area contributed by atoms with Gasteiger partial charge in [-0.15, -0.1) is 0 Å². The van der Waals surface area contributed by atoms with Crippen molar-refractivity contribution in [3.63, 3.8) is 0 Å². The molecule has 2 atom stereocenters. The third-order valence-corrected chi connectivity index (χ3v) is 5.32. The van der Waals surface area contributed by atoms with Crippen LogP contribution in [0.1, 0.15) is 25.3 Å². The predicted octanol–water partition coefficient (Wildman–Crippen LogP) is 2.25. The van der Waals surface area contributed by atoms with Gasteiger partial charge in [0.2, 0.25) is 0 Å². The van der Waals surface area contributed by atoms with Crippen molar-refractivity contribution in [3.8, 4) is 5.69 Å². The molecule has 0 bridgehead atoms. The number of benzene rings is 1. The van der Waals surface area contributed by atoms with Gasteiger partial charge >= 0.3 is 6.03 Å². The molecule has 2 saturated heterocycles. The molecule has 1 aromatic carbocycles. The Morgan fingerprint density at radius 1 is 1.32 bits per heavy atom. The number of rotatable bonds is 3. The Labute approximate surface area is 148 Å². The van der Waals surface area contributed by atoms with E-state index in [0.29, 0.717) is 12.6 Å². The van der Waals surface area contributed by atoms with Crippen molar-refractivity contribution in [2.75, 3.05) is 19.6 Å². The Morgan fingerprint density at radius 3 is 3.08 bits per heavy atom. The molecular formula is C19H25N5O. The monoisotopic (exact) mass is 339 g/mol. The first kappa shape index (κ1) is 16.1. The molecule has 1 aromatic heterocycles. The zero-order valence-corrected chi connectivity index (χ0v) is 14.6. The lowest BCUT2D eigenvalue weighted by atomic mass is 10.1. The molecule has 2 amide bonds. The second kappa shape index (κ2) is 6.88. The number of hydrogen-bond acceptors (Lipinski definition) is 3. The standard InChI is InChI=1S/C19H25N5O/c1-15-13-22-9-3-7-18(22)14-23(15)19(25)20-12-16-5-2-6-17(11-16)24-10-4-8-21-24/h2,4-6,8,10-11,15,18H,3,7,9,12-14H2,1H3,(H,20,25). The third-order valence-electron chi connectivity index (χ3n) is 5.32. The van der Waals surface area contributed by atoms with E-state index in [1.54, 1.807) is 6.20 Å². The summed E-state index contributed by atoms with van der Waals surface area (Å²) >= 11 is 0. The highest BCUT2D eigenvalue weighted by molar-refractivity contribution is 5.74. The van der Waals surface area contributed by atoms with Crippen LogP contribution in [-0.4, -0.2) is 57.3 Å². The van der Waals surface area contributed by atoms with E-state index in [9.17, 15) is 4.79 Å². The minimum atomic E-state index is 0.0449. The smallest absolute Gasteiger partial charge is 0.318 e. The van der Waals surface area contributed by atoms with Gasteiger partial charge in [0.15, 0.2) is 0 Å². The van der Waals surface area contributed by atoms with Gasteiger partial charge in [-0.2, -0.15) is 5.10 Å². The maximum Gasteiger partial charge on any atom is 0.318 e. The first-order chi connectivity index (χ1) is 12.2. The summed E-state index contributed by atoms with van der Waals surface area (Å²) in [7, 11) is 0. The van der Waals surface area contributed by atoms with Gasteiger partial charge in [0, 0.05) is 44.1 Å². The van der Waals surface area contributed by atoms with Crippen LogP contribution in [0.4, 0.5) is 4.79 Å². The normalized spacial score (nSPS) is 23.5. The van der Waals surface area contributed by atoms with Gasteiger partial charge in [0.25, 0.3) is 0 Å². The molecule has 2 unspecified atom stereocenters. The van der Waals surface area contributed by atoms with Crippen molar-refractivity contribution in [1.82, 2.24) is 24.9 Å². The fraction of sp³-hybridized carbons (Fsp3) is 0.474. The molecule has 132 valence electrons. The van der Waals surface area contributed by atoms with Crippen LogP contribution in [0.2, 0.25) is 0 Å². The van der Waals surface area contributed by atoms with Gasteiger partial charge in [0.1, 0.15) is 0 Å². The number of urea groups is 1. The SMILES string of the molecule is CC1CN2CCCC2CN1C(=O)NCc1cccc(-n2cccn2)c1. The number of hydrogen-bond donors (Lipinski definition) is 1. The minimum Gasteiger partial charge on any atom is -0.334 e. The summed E-state index contributed by atoms with van der Waals surface area (Å²) in [6.07, 6.45) is 6.15. The second-order valence-electron chi connectivity index (χ2n) is 7.07. The predicted molar refractivity (Wildman–Crippen MR) is 96.6 cm³/mol. The van der Waals surface area contributed by atoms with Crippen molar-refractivity contribution in [2.45, 2.75) is 38.4 Å². The first-order valence-electron chi connectivity index (χ1n) is 9.08. The number of fused-ring (bicyclic) bond motifs is 1. The summed E-state index contributed by atoms with van der Waals surface area (Å²) in [4.78, 5) is 17.2. The minimum absolute atomic E-state index is 0.0449. The van der Waals surface area contributed by atoms with Gasteiger partial charge in [0.05, 0.1) is 5.69 Å². The summed E-state index contributed by atoms with van der Waals surface area (Å²) < 4.78 is 1.83. The Morgan fingerprint density at radius 2 is 2.24 bits per heavy atom. The molecule has 3 heterocycles. The molecule has 0 saturated carbocycles. The van der Waals surface area contributed by atoms with Crippen molar-refractivity contribution in [3.05, 3.63) is 48.3 Å². The van der Waals surface area contributed by atoms with Crippen LogP contribution in [0.25, 0.3) is 5.69 Å². The van der Waals surface area contributed by atoms with Crippen molar-refractivity contribution >= 4 is 6.03 Å². The molecule has 6 nitrogen and oxygen atoms in total. The summed E-state index contributed by atoms with van der Waals surface area (Å²) in [6.45, 7) is 5.70. The van der Waals surface area contributed by atoms with Crippen molar-refractivity contribution in [1.29, 1.82) is 0 Å². The van der Waals surface area contributed by atoms with Gasteiger partial charge < -0.3 is 10.2 Å². The van der Waals surface area contributed by atoms with E-state index in [-0.39, 0.29) is 12.1 Å². The lowest BCUT2D eigenvalue weighted by molar-refractivity contribution is 0.0802. The third kappa shape index (κ3) is 3.39. The molecule has 0 aliphatic carbocycles. The summed E-state index contributed by atoms with van der Waals surface area (Å²) in [5.74, 6) is 0. The van der Waals surface area contributed by atoms with E-state index in [0.717, 1.165) is 24.3 Å². The van der Waals surface area contributed by atoms with E-state index < -0.39 is 0 Å². The fourth-order valence-electron chi connectivity index (χ4n) is 3.98. The largest absolute Gasteiger partial charge is 0.334 e. The fourth-order valence-corrected chi connectivity index (χ4v) is 3.98. The van der Waals surface area contributed by atoms with Gasteiger partial charge in [-0.1, -0.05) is 12.1 Å². The highest BCUT2D eigenvalue weighted by atomic mass is 16.2. The molecule has 4 rings (SSSR count). The van der Waals surface area contributed by atoms with Crippen molar-refractivity contribution in [2.24, 2.45) is 0 Å². The van der Waals surface area contributed by atoms with Crippen LogP contribution in [0, 0.1) is 0 Å². The lowest BCUT2D eigenvalue weighted by Gasteiger charge is -2.42. The molecule has 2 fully saturated rings. The maximum atomic E-state index is 12.7. The Bertz CT molecular complexity index is 729.